The van der Waals surface area contributed by atoms with E-state index in [-0.39, 0.29) is 0 Å². The Hall–Kier alpha value is -2.28. The van der Waals surface area contributed by atoms with Gasteiger partial charge in [-0.25, -0.2) is 0 Å². The van der Waals surface area contributed by atoms with E-state index in [1.165, 1.54) is 5.56 Å². The second-order valence-corrected chi connectivity index (χ2v) is 5.33. The summed E-state index contributed by atoms with van der Waals surface area (Å²) in [6.07, 6.45) is 3.50. The first-order valence-electron chi connectivity index (χ1n) is 6.62. The molecule has 108 valence electrons. The van der Waals surface area contributed by atoms with Gasteiger partial charge in [-0.3, -0.25) is 19.3 Å². The van der Waals surface area contributed by atoms with Crippen LogP contribution >= 0.6 is 12.2 Å². The number of aromatic amines is 1. The summed E-state index contributed by atoms with van der Waals surface area (Å²) >= 11 is 5.37. The summed E-state index contributed by atoms with van der Waals surface area (Å²) in [4.78, 5) is 4.04. The first-order chi connectivity index (χ1) is 10.1. The van der Waals surface area contributed by atoms with Crippen LogP contribution in [0.1, 0.15) is 17.0 Å². The van der Waals surface area contributed by atoms with Crippen LogP contribution < -0.4 is 0 Å². The fourth-order valence-corrected chi connectivity index (χ4v) is 2.59. The molecule has 3 aromatic rings. The zero-order valence-corrected chi connectivity index (χ0v) is 13.0. The molecule has 7 heteroatoms. The van der Waals surface area contributed by atoms with Crippen molar-refractivity contribution in [2.24, 2.45) is 7.05 Å². The minimum absolute atomic E-state index is 0.601. The Bertz CT molecular complexity index is 827. The Labute approximate surface area is 127 Å². The molecule has 0 unspecified atom stereocenters. The Morgan fingerprint density at radius 3 is 2.57 bits per heavy atom. The third-order valence-electron chi connectivity index (χ3n) is 3.67. The van der Waals surface area contributed by atoms with Crippen LogP contribution in [0.3, 0.4) is 0 Å². The van der Waals surface area contributed by atoms with Crippen molar-refractivity contribution >= 4 is 12.2 Å². The van der Waals surface area contributed by atoms with E-state index >= 15 is 0 Å². The molecule has 0 aliphatic heterocycles. The predicted octanol–water partition coefficient (Wildman–Crippen LogP) is 2.40. The second-order valence-electron chi connectivity index (χ2n) is 4.95. The fraction of sp³-hybridized carbons (Fsp3) is 0.286. The molecule has 1 N–H and O–H groups in total. The molecular formula is C14H16N6S. The molecule has 0 saturated heterocycles. The molecule has 0 aliphatic carbocycles. The molecule has 0 amide bonds. The van der Waals surface area contributed by atoms with Crippen molar-refractivity contribution in [1.29, 1.82) is 0 Å². The van der Waals surface area contributed by atoms with Gasteiger partial charge in [-0.2, -0.15) is 10.2 Å². The van der Waals surface area contributed by atoms with Crippen molar-refractivity contribution in [3.05, 3.63) is 46.2 Å². The lowest BCUT2D eigenvalue weighted by atomic mass is 10.2. The van der Waals surface area contributed by atoms with Gasteiger partial charge < -0.3 is 0 Å². The maximum absolute atomic E-state index is 5.37. The van der Waals surface area contributed by atoms with Crippen LogP contribution in [0.25, 0.3) is 11.4 Å². The summed E-state index contributed by atoms with van der Waals surface area (Å²) in [6.45, 7) is 4.72. The maximum Gasteiger partial charge on any atom is 0.195 e. The lowest BCUT2D eigenvalue weighted by molar-refractivity contribution is 0.726. The van der Waals surface area contributed by atoms with Crippen LogP contribution in [-0.4, -0.2) is 29.5 Å². The molecule has 3 aromatic heterocycles. The largest absolute Gasteiger partial charge is 0.296 e. The number of hydrogen-bond donors (Lipinski definition) is 1. The van der Waals surface area contributed by atoms with Crippen LogP contribution in [0.5, 0.6) is 0 Å². The van der Waals surface area contributed by atoms with Gasteiger partial charge in [-0.1, -0.05) is 0 Å². The third-order valence-corrected chi connectivity index (χ3v) is 3.98. The van der Waals surface area contributed by atoms with E-state index in [0.717, 1.165) is 22.8 Å². The van der Waals surface area contributed by atoms with Crippen molar-refractivity contribution in [2.75, 3.05) is 0 Å². The van der Waals surface area contributed by atoms with Crippen molar-refractivity contribution in [3.8, 4) is 11.4 Å². The Morgan fingerprint density at radius 2 is 1.95 bits per heavy atom. The molecule has 0 aliphatic rings. The minimum atomic E-state index is 0.601. The first kappa shape index (κ1) is 13.7. The number of hydrogen-bond acceptors (Lipinski definition) is 4. The summed E-state index contributed by atoms with van der Waals surface area (Å²) in [5.74, 6) is 0.810. The highest BCUT2D eigenvalue weighted by Crippen LogP contribution is 2.20. The van der Waals surface area contributed by atoms with E-state index in [0.29, 0.717) is 11.3 Å². The summed E-state index contributed by atoms with van der Waals surface area (Å²) in [6, 6.07) is 3.84. The number of rotatable bonds is 3. The fourth-order valence-electron chi connectivity index (χ4n) is 2.39. The molecule has 0 aromatic carbocycles. The topological polar surface area (TPSA) is 64.3 Å². The molecule has 0 saturated carbocycles. The van der Waals surface area contributed by atoms with E-state index in [4.69, 9.17) is 12.2 Å². The highest BCUT2D eigenvalue weighted by Gasteiger charge is 2.14. The number of pyridine rings is 1. The van der Waals surface area contributed by atoms with E-state index in [9.17, 15) is 0 Å². The van der Waals surface area contributed by atoms with Crippen LogP contribution in [-0.2, 0) is 13.6 Å². The van der Waals surface area contributed by atoms with Gasteiger partial charge in [-0.15, -0.1) is 0 Å². The second kappa shape index (κ2) is 5.25. The molecule has 6 nitrogen and oxygen atoms in total. The van der Waals surface area contributed by atoms with Gasteiger partial charge in [0.05, 0.1) is 12.2 Å². The lowest BCUT2D eigenvalue weighted by Gasteiger charge is -2.07. The van der Waals surface area contributed by atoms with Gasteiger partial charge in [0.25, 0.3) is 0 Å². The molecule has 0 bridgehead atoms. The normalized spacial score (nSPS) is 11.0. The van der Waals surface area contributed by atoms with E-state index in [2.05, 4.69) is 27.2 Å². The summed E-state index contributed by atoms with van der Waals surface area (Å²) in [5.41, 5.74) is 4.30. The minimum Gasteiger partial charge on any atom is -0.296 e. The number of aromatic nitrogens is 6. The number of nitrogens with zero attached hydrogens (tertiary/aromatic N) is 5. The van der Waals surface area contributed by atoms with Crippen LogP contribution in [0.4, 0.5) is 0 Å². The summed E-state index contributed by atoms with van der Waals surface area (Å²) in [5, 5.41) is 11.7. The lowest BCUT2D eigenvalue weighted by Crippen LogP contribution is -2.05. The molecule has 21 heavy (non-hydrogen) atoms. The zero-order valence-electron chi connectivity index (χ0n) is 12.2. The quantitative estimate of drug-likeness (QED) is 0.754. The third kappa shape index (κ3) is 2.40. The molecule has 0 spiro atoms. The van der Waals surface area contributed by atoms with Crippen molar-refractivity contribution in [1.82, 2.24) is 29.5 Å². The van der Waals surface area contributed by atoms with Crippen LogP contribution in [0.2, 0.25) is 0 Å². The molecule has 0 radical (unpaired) electrons. The van der Waals surface area contributed by atoms with Gasteiger partial charge in [-0.05, 0) is 38.2 Å². The average molecular weight is 300 g/mol. The SMILES string of the molecule is Cc1nn(C)c(C)c1Cn1c(-c2ccncc2)n[nH]c1=S. The Kier molecular flexibility index (Phi) is 3.42. The molecular weight excluding hydrogens is 284 g/mol. The summed E-state index contributed by atoms with van der Waals surface area (Å²) in [7, 11) is 1.95. The van der Waals surface area contributed by atoms with Crippen LogP contribution in [0.15, 0.2) is 24.5 Å². The van der Waals surface area contributed by atoms with E-state index in [1.54, 1.807) is 12.4 Å². The van der Waals surface area contributed by atoms with E-state index in [1.807, 2.05) is 35.4 Å². The van der Waals surface area contributed by atoms with Crippen molar-refractivity contribution in [3.63, 3.8) is 0 Å². The highest BCUT2D eigenvalue weighted by molar-refractivity contribution is 7.71. The average Bonchev–Trinajstić information content (AvgIpc) is 2.96. The monoisotopic (exact) mass is 300 g/mol. The Morgan fingerprint density at radius 1 is 1.24 bits per heavy atom. The van der Waals surface area contributed by atoms with Gasteiger partial charge in [0.1, 0.15) is 0 Å². The van der Waals surface area contributed by atoms with Gasteiger partial charge >= 0.3 is 0 Å². The number of aryl methyl sites for hydroxylation is 2. The predicted molar refractivity (Wildman–Crippen MR) is 82.4 cm³/mol. The smallest absolute Gasteiger partial charge is 0.195 e. The number of H-pyrrole nitrogens is 1. The van der Waals surface area contributed by atoms with Crippen molar-refractivity contribution < 1.29 is 0 Å². The highest BCUT2D eigenvalue weighted by atomic mass is 32.1. The van der Waals surface area contributed by atoms with Gasteiger partial charge in [0.2, 0.25) is 0 Å². The number of nitrogens with one attached hydrogen (secondary N) is 1. The maximum atomic E-state index is 5.37. The first-order valence-corrected chi connectivity index (χ1v) is 7.03. The van der Waals surface area contributed by atoms with Gasteiger partial charge in [0, 0.05) is 36.3 Å². The molecule has 0 atom stereocenters. The zero-order chi connectivity index (χ0) is 15.0. The van der Waals surface area contributed by atoms with Crippen LogP contribution in [0, 0.1) is 18.6 Å². The molecule has 3 rings (SSSR count). The van der Waals surface area contributed by atoms with Gasteiger partial charge in [0.15, 0.2) is 10.6 Å². The molecule has 3 heterocycles. The van der Waals surface area contributed by atoms with Crippen molar-refractivity contribution in [2.45, 2.75) is 20.4 Å². The van der Waals surface area contributed by atoms with E-state index < -0.39 is 0 Å². The standard InChI is InChI=1S/C14H16N6S/c1-9-12(10(2)19(3)18-9)8-20-13(16-17-14(20)21)11-4-6-15-7-5-11/h4-7H,8H2,1-3H3,(H,17,21). The molecule has 0 fully saturated rings. The summed E-state index contributed by atoms with van der Waals surface area (Å²) < 4.78 is 4.48. The Balaban J connectivity index is 2.08.